The van der Waals surface area contributed by atoms with Crippen molar-refractivity contribution < 1.29 is 9.13 Å². The summed E-state index contributed by atoms with van der Waals surface area (Å²) in [6.07, 6.45) is 5.16. The zero-order chi connectivity index (χ0) is 13.1. The monoisotopic (exact) mass is 281 g/mol. The van der Waals surface area contributed by atoms with E-state index in [1.54, 1.807) is 23.9 Å². The van der Waals surface area contributed by atoms with Gasteiger partial charge in [-0.2, -0.15) is 0 Å². The van der Waals surface area contributed by atoms with Gasteiger partial charge in [0.1, 0.15) is 5.82 Å². The van der Waals surface area contributed by atoms with Crippen molar-refractivity contribution in [2.75, 3.05) is 12.4 Å². The molecule has 0 aromatic heterocycles. The first kappa shape index (κ1) is 13.4. The maximum absolute atomic E-state index is 13.6. The minimum Gasteiger partial charge on any atom is -0.377 e. The van der Waals surface area contributed by atoms with Crippen molar-refractivity contribution in [3.8, 4) is 0 Å². The van der Waals surface area contributed by atoms with E-state index in [2.05, 4.69) is 11.4 Å². The van der Waals surface area contributed by atoms with Crippen molar-refractivity contribution >= 4 is 11.8 Å². The molecular formula is C15H20FNOS. The fourth-order valence-electron chi connectivity index (χ4n) is 2.32. The van der Waals surface area contributed by atoms with Crippen molar-refractivity contribution in [3.63, 3.8) is 0 Å². The Morgan fingerprint density at radius 3 is 2.89 bits per heavy atom. The topological polar surface area (TPSA) is 21.3 Å². The van der Waals surface area contributed by atoms with Crippen LogP contribution >= 0.6 is 11.8 Å². The van der Waals surface area contributed by atoms with Gasteiger partial charge in [0.2, 0.25) is 0 Å². The second kappa shape index (κ2) is 6.25. The Labute approximate surface area is 118 Å². The lowest BCUT2D eigenvalue weighted by Crippen LogP contribution is -2.15. The van der Waals surface area contributed by atoms with Gasteiger partial charge in [-0.1, -0.05) is 0 Å². The summed E-state index contributed by atoms with van der Waals surface area (Å²) in [4.78, 5) is 1.02. The lowest BCUT2D eigenvalue weighted by molar-refractivity contribution is 0.129. The molecule has 1 N–H and O–H groups in total. The Bertz CT molecular complexity index is 430. The maximum Gasteiger partial charge on any atom is 0.124 e. The molecule has 0 radical (unpaired) electrons. The van der Waals surface area contributed by atoms with Crippen LogP contribution in [0.2, 0.25) is 0 Å². The molecule has 1 aromatic carbocycles. The van der Waals surface area contributed by atoms with Crippen LogP contribution in [0.3, 0.4) is 0 Å². The number of hydrogen-bond donors (Lipinski definition) is 1. The van der Waals surface area contributed by atoms with Gasteiger partial charge in [-0.25, -0.2) is 4.39 Å². The van der Waals surface area contributed by atoms with Crippen LogP contribution in [-0.4, -0.2) is 24.5 Å². The van der Waals surface area contributed by atoms with Crippen LogP contribution in [-0.2, 0) is 11.3 Å². The molecule has 2 aliphatic rings. The maximum atomic E-state index is 13.6. The second-order valence-electron chi connectivity index (χ2n) is 5.40. The third-order valence-corrected chi connectivity index (χ3v) is 4.67. The highest BCUT2D eigenvalue weighted by atomic mass is 32.2. The summed E-state index contributed by atoms with van der Waals surface area (Å²) in [7, 11) is 0. The Hall–Kier alpha value is -0.580. The quantitative estimate of drug-likeness (QED) is 0.808. The Balaban J connectivity index is 1.56. The molecule has 2 nitrogen and oxygen atoms in total. The van der Waals surface area contributed by atoms with Crippen molar-refractivity contribution in [3.05, 3.63) is 29.6 Å². The number of benzene rings is 1. The standard InChI is InChI=1S/C15H20FNOS/c16-12-6-11(9-17-13-3-4-13)7-15(8-12)19-10-14-2-1-5-18-14/h6-8,13-14,17H,1-5,9-10H2. The molecule has 0 amide bonds. The molecule has 3 rings (SSSR count). The van der Waals surface area contributed by atoms with Gasteiger partial charge in [0, 0.05) is 29.8 Å². The fourth-order valence-corrected chi connectivity index (χ4v) is 3.39. The molecule has 0 spiro atoms. The SMILES string of the molecule is Fc1cc(CNC2CC2)cc(SCC2CCCO2)c1. The molecule has 19 heavy (non-hydrogen) atoms. The molecular weight excluding hydrogens is 261 g/mol. The Kier molecular flexibility index (Phi) is 4.41. The molecule has 1 aromatic rings. The van der Waals surface area contributed by atoms with Crippen LogP contribution in [0.15, 0.2) is 23.1 Å². The Morgan fingerprint density at radius 2 is 2.16 bits per heavy atom. The van der Waals surface area contributed by atoms with E-state index in [9.17, 15) is 4.39 Å². The van der Waals surface area contributed by atoms with Gasteiger partial charge in [0.05, 0.1) is 6.10 Å². The van der Waals surface area contributed by atoms with Crippen LogP contribution in [0.5, 0.6) is 0 Å². The third-order valence-electron chi connectivity index (χ3n) is 3.56. The van der Waals surface area contributed by atoms with Crippen LogP contribution in [0.25, 0.3) is 0 Å². The molecule has 1 atom stereocenters. The zero-order valence-electron chi connectivity index (χ0n) is 11.0. The van der Waals surface area contributed by atoms with Crippen molar-refractivity contribution in [2.24, 2.45) is 0 Å². The van der Waals surface area contributed by atoms with Crippen LogP contribution in [0, 0.1) is 5.82 Å². The molecule has 1 saturated carbocycles. The van der Waals surface area contributed by atoms with Gasteiger partial charge >= 0.3 is 0 Å². The zero-order valence-corrected chi connectivity index (χ0v) is 11.8. The van der Waals surface area contributed by atoms with Gasteiger partial charge in [-0.15, -0.1) is 11.8 Å². The normalized spacial score (nSPS) is 22.9. The minimum absolute atomic E-state index is 0.134. The number of ether oxygens (including phenoxy) is 1. The first-order chi connectivity index (χ1) is 9.29. The Morgan fingerprint density at radius 1 is 1.26 bits per heavy atom. The third kappa shape index (κ3) is 4.20. The highest BCUT2D eigenvalue weighted by Crippen LogP contribution is 2.26. The largest absolute Gasteiger partial charge is 0.377 e. The van der Waals surface area contributed by atoms with Crippen LogP contribution in [0.1, 0.15) is 31.2 Å². The predicted molar refractivity (Wildman–Crippen MR) is 76.0 cm³/mol. The summed E-state index contributed by atoms with van der Waals surface area (Å²) in [5.74, 6) is 0.795. The van der Waals surface area contributed by atoms with Crippen molar-refractivity contribution in [1.29, 1.82) is 0 Å². The van der Waals surface area contributed by atoms with Gasteiger partial charge in [-0.3, -0.25) is 0 Å². The van der Waals surface area contributed by atoms with E-state index in [-0.39, 0.29) is 5.82 Å². The molecule has 1 aliphatic carbocycles. The van der Waals surface area contributed by atoms with Gasteiger partial charge < -0.3 is 10.1 Å². The molecule has 4 heteroatoms. The molecule has 1 aliphatic heterocycles. The van der Waals surface area contributed by atoms with E-state index in [0.29, 0.717) is 12.1 Å². The van der Waals surface area contributed by atoms with E-state index >= 15 is 0 Å². The van der Waals surface area contributed by atoms with Gasteiger partial charge in [0.15, 0.2) is 0 Å². The van der Waals surface area contributed by atoms with E-state index in [1.165, 1.54) is 12.8 Å². The average Bonchev–Trinajstić information content (AvgIpc) is 3.08. The van der Waals surface area contributed by atoms with E-state index in [1.807, 2.05) is 0 Å². The van der Waals surface area contributed by atoms with E-state index in [4.69, 9.17) is 4.74 Å². The number of halogens is 1. The van der Waals surface area contributed by atoms with Gasteiger partial charge in [-0.05, 0) is 49.4 Å². The molecule has 0 bridgehead atoms. The van der Waals surface area contributed by atoms with Crippen LogP contribution in [0.4, 0.5) is 4.39 Å². The first-order valence-electron chi connectivity index (χ1n) is 7.07. The van der Waals surface area contributed by atoms with E-state index < -0.39 is 0 Å². The lowest BCUT2D eigenvalue weighted by atomic mass is 10.2. The summed E-state index contributed by atoms with van der Waals surface area (Å²) < 4.78 is 19.2. The van der Waals surface area contributed by atoms with Crippen LogP contribution < -0.4 is 5.32 Å². The second-order valence-corrected chi connectivity index (χ2v) is 6.49. The summed E-state index contributed by atoms with van der Waals surface area (Å²) in [6.45, 7) is 1.65. The average molecular weight is 281 g/mol. The summed E-state index contributed by atoms with van der Waals surface area (Å²) in [6, 6.07) is 6.01. The van der Waals surface area contributed by atoms with Crippen molar-refractivity contribution in [1.82, 2.24) is 5.32 Å². The molecule has 2 fully saturated rings. The van der Waals surface area contributed by atoms with Gasteiger partial charge in [0.25, 0.3) is 0 Å². The highest BCUT2D eigenvalue weighted by Gasteiger charge is 2.20. The number of nitrogens with one attached hydrogen (secondary N) is 1. The van der Waals surface area contributed by atoms with E-state index in [0.717, 1.165) is 42.2 Å². The predicted octanol–water partition coefficient (Wildman–Crippen LogP) is 3.35. The fraction of sp³-hybridized carbons (Fsp3) is 0.600. The van der Waals surface area contributed by atoms with Crippen molar-refractivity contribution in [2.45, 2.75) is 49.3 Å². The smallest absolute Gasteiger partial charge is 0.124 e. The molecule has 104 valence electrons. The molecule has 1 heterocycles. The molecule has 1 unspecified atom stereocenters. The summed E-state index contributed by atoms with van der Waals surface area (Å²) >= 11 is 1.70. The lowest BCUT2D eigenvalue weighted by Gasteiger charge is -2.10. The number of hydrogen-bond acceptors (Lipinski definition) is 3. The molecule has 1 saturated heterocycles. The minimum atomic E-state index is -0.134. The number of rotatable bonds is 6. The first-order valence-corrected chi connectivity index (χ1v) is 8.05. The summed E-state index contributed by atoms with van der Waals surface area (Å²) in [5, 5.41) is 3.42. The highest BCUT2D eigenvalue weighted by molar-refractivity contribution is 7.99. The summed E-state index contributed by atoms with van der Waals surface area (Å²) in [5.41, 5.74) is 1.04. The number of thioether (sulfide) groups is 1.